The summed E-state index contributed by atoms with van der Waals surface area (Å²) in [6.07, 6.45) is 1.81. The van der Waals surface area contributed by atoms with E-state index in [1.807, 2.05) is 78.5 Å². The molecule has 0 aliphatic heterocycles. The fourth-order valence-corrected chi connectivity index (χ4v) is 4.52. The molecule has 2 aromatic carbocycles. The summed E-state index contributed by atoms with van der Waals surface area (Å²) in [6.45, 7) is 1.10. The van der Waals surface area contributed by atoms with E-state index in [-0.39, 0.29) is 5.91 Å². The van der Waals surface area contributed by atoms with E-state index < -0.39 is 0 Å². The second kappa shape index (κ2) is 9.71. The minimum atomic E-state index is -0.0497. The smallest absolute Gasteiger partial charge is 0.261 e. The molecule has 6 nitrogen and oxygen atoms in total. The van der Waals surface area contributed by atoms with Crippen molar-refractivity contribution in [3.05, 3.63) is 99.3 Å². The van der Waals surface area contributed by atoms with Crippen LogP contribution < -0.4 is 16.1 Å². The Morgan fingerprint density at radius 1 is 1.03 bits per heavy atom. The molecule has 0 unspecified atom stereocenters. The molecule has 5 aromatic rings. The van der Waals surface area contributed by atoms with Crippen molar-refractivity contribution in [2.45, 2.75) is 13.1 Å². The first-order valence-corrected chi connectivity index (χ1v) is 12.1. The van der Waals surface area contributed by atoms with E-state index in [2.05, 4.69) is 27.9 Å². The van der Waals surface area contributed by atoms with Crippen molar-refractivity contribution in [3.8, 4) is 11.3 Å². The van der Waals surface area contributed by atoms with Gasteiger partial charge in [-0.05, 0) is 34.1 Å². The molecule has 2 N–H and O–H groups in total. The zero-order valence-corrected chi connectivity index (χ0v) is 20.0. The van der Waals surface area contributed by atoms with Crippen LogP contribution in [0.25, 0.3) is 16.9 Å². The molecule has 168 valence electrons. The van der Waals surface area contributed by atoms with Gasteiger partial charge in [0.25, 0.3) is 5.91 Å². The third-order valence-electron chi connectivity index (χ3n) is 5.49. The van der Waals surface area contributed by atoms with Crippen LogP contribution in [0, 0.1) is 0 Å². The number of rotatable bonds is 7. The maximum absolute atomic E-state index is 12.1. The van der Waals surface area contributed by atoms with E-state index in [0.717, 1.165) is 44.2 Å². The Kier molecular flexibility index (Phi) is 6.34. The first kappa shape index (κ1) is 22.2. The van der Waals surface area contributed by atoms with Crippen LogP contribution in [0.2, 0.25) is 5.02 Å². The van der Waals surface area contributed by atoms with Crippen LogP contribution in [-0.2, 0) is 13.1 Å². The number of benzene rings is 2. The summed E-state index contributed by atoms with van der Waals surface area (Å²) in [5, 5.41) is 13.5. The van der Waals surface area contributed by atoms with Crippen LogP contribution in [0.4, 0.5) is 5.82 Å². The van der Waals surface area contributed by atoms with Crippen LogP contribution in [0.3, 0.4) is 0 Å². The predicted octanol–water partition coefficient (Wildman–Crippen LogP) is 3.91. The molecule has 1 amide bonds. The summed E-state index contributed by atoms with van der Waals surface area (Å²) in [5.74, 6) is 0.784. The molecule has 9 heteroatoms. The monoisotopic (exact) mass is 485 g/mol. The topological polar surface area (TPSA) is 71.3 Å². The maximum Gasteiger partial charge on any atom is 0.261 e. The van der Waals surface area contributed by atoms with Gasteiger partial charge in [-0.2, -0.15) is 9.61 Å². The second-order valence-electron chi connectivity index (χ2n) is 7.90. The van der Waals surface area contributed by atoms with Gasteiger partial charge in [-0.1, -0.05) is 60.1 Å². The van der Waals surface area contributed by atoms with Crippen LogP contribution in [0.5, 0.6) is 0 Å². The van der Waals surface area contributed by atoms with Gasteiger partial charge in [0.1, 0.15) is 13.7 Å². The van der Waals surface area contributed by atoms with Gasteiger partial charge in [0, 0.05) is 35.9 Å². The van der Waals surface area contributed by atoms with Gasteiger partial charge < -0.3 is 10.6 Å². The molecular formula is C25H21BClN5OS. The minimum Gasteiger partial charge on any atom is -0.366 e. The summed E-state index contributed by atoms with van der Waals surface area (Å²) in [7, 11) is 1.99. The van der Waals surface area contributed by atoms with Crippen LogP contribution >= 0.6 is 22.9 Å². The molecule has 3 aromatic heterocycles. The molecule has 0 aliphatic carbocycles. The van der Waals surface area contributed by atoms with Crippen LogP contribution in [0.1, 0.15) is 20.8 Å². The molecule has 0 saturated heterocycles. The number of amides is 1. The number of thiophene rings is 1. The highest BCUT2D eigenvalue weighted by Crippen LogP contribution is 2.28. The van der Waals surface area contributed by atoms with Gasteiger partial charge in [0.05, 0.1) is 10.6 Å². The number of hydrogen-bond acceptors (Lipinski definition) is 5. The largest absolute Gasteiger partial charge is 0.366 e. The Hall–Kier alpha value is -3.62. The Morgan fingerprint density at radius 2 is 1.79 bits per heavy atom. The minimum absolute atomic E-state index is 0.0497. The fraction of sp³-hybridized carbons (Fsp3) is 0.0800. The number of nitrogens with zero attached hydrogens (tertiary/aromatic N) is 3. The summed E-state index contributed by atoms with van der Waals surface area (Å²) >= 11 is 7.87. The van der Waals surface area contributed by atoms with Crippen molar-refractivity contribution >= 4 is 53.6 Å². The van der Waals surface area contributed by atoms with Crippen molar-refractivity contribution in [1.82, 2.24) is 19.9 Å². The van der Waals surface area contributed by atoms with E-state index in [1.165, 1.54) is 11.3 Å². The Bertz CT molecular complexity index is 1450. The molecule has 3 heterocycles. The molecule has 0 radical (unpaired) electrons. The molecule has 34 heavy (non-hydrogen) atoms. The van der Waals surface area contributed by atoms with Crippen LogP contribution in [-0.4, -0.2) is 28.4 Å². The Morgan fingerprint density at radius 3 is 2.53 bits per heavy atom. The Balaban J connectivity index is 1.31. The van der Waals surface area contributed by atoms with E-state index >= 15 is 0 Å². The zero-order chi connectivity index (χ0) is 23.5. The predicted molar refractivity (Wildman–Crippen MR) is 141 cm³/mol. The normalized spacial score (nSPS) is 11.0. The lowest BCUT2D eigenvalue weighted by Crippen LogP contribution is -2.21. The van der Waals surface area contributed by atoms with Gasteiger partial charge >= 0.3 is 0 Å². The second-order valence-corrected chi connectivity index (χ2v) is 9.25. The third-order valence-corrected chi connectivity index (χ3v) is 6.69. The summed E-state index contributed by atoms with van der Waals surface area (Å²) < 4.78 is 1.81. The number of anilines is 1. The highest BCUT2D eigenvalue weighted by molar-refractivity contribution is 7.12. The highest BCUT2D eigenvalue weighted by atomic mass is 35.5. The van der Waals surface area contributed by atoms with Crippen molar-refractivity contribution in [3.63, 3.8) is 0 Å². The number of nitrogens with one attached hydrogen (secondary N) is 2. The van der Waals surface area contributed by atoms with Crippen molar-refractivity contribution in [1.29, 1.82) is 0 Å². The maximum atomic E-state index is 12.1. The first-order valence-electron chi connectivity index (χ1n) is 10.8. The lowest BCUT2D eigenvalue weighted by atomic mass is 10.0. The van der Waals surface area contributed by atoms with Crippen molar-refractivity contribution in [2.75, 3.05) is 5.32 Å². The molecular weight excluding hydrogens is 465 g/mol. The number of aromatic nitrogens is 3. The average Bonchev–Trinajstić information content (AvgIpc) is 3.53. The number of fused-ring (bicyclic) bond motifs is 1. The number of hydrogen-bond donors (Lipinski definition) is 2. The number of halogens is 1. The molecule has 0 atom stereocenters. The van der Waals surface area contributed by atoms with Gasteiger partial charge in [-0.25, -0.2) is 4.98 Å². The van der Waals surface area contributed by atoms with E-state index in [1.54, 1.807) is 0 Å². The molecule has 0 aliphatic rings. The quantitative estimate of drug-likeness (QED) is 0.343. The first-order chi connectivity index (χ1) is 16.6. The SMILES string of the molecule is Bc1cnn2c(NCc3ccc(CNC(=O)c4cccs4)cc3)cc(-c3ccccc3Cl)nc12. The number of carbonyl (C=O) groups is 1. The van der Waals surface area contributed by atoms with Crippen molar-refractivity contribution in [2.24, 2.45) is 0 Å². The molecule has 5 rings (SSSR count). The van der Waals surface area contributed by atoms with Crippen molar-refractivity contribution < 1.29 is 4.79 Å². The van der Waals surface area contributed by atoms with E-state index in [4.69, 9.17) is 16.6 Å². The molecule has 0 fully saturated rings. The average molecular weight is 486 g/mol. The van der Waals surface area contributed by atoms with Gasteiger partial charge in [-0.15, -0.1) is 11.3 Å². The third kappa shape index (κ3) is 4.69. The highest BCUT2D eigenvalue weighted by Gasteiger charge is 2.12. The van der Waals surface area contributed by atoms with Gasteiger partial charge in [-0.3, -0.25) is 4.79 Å². The Labute approximate surface area is 207 Å². The molecule has 0 spiro atoms. The van der Waals surface area contributed by atoms with E-state index in [9.17, 15) is 4.79 Å². The van der Waals surface area contributed by atoms with Gasteiger partial charge in [0.15, 0.2) is 5.65 Å². The standard InChI is InChI=1S/C25H21BClN5OS/c26-19-15-30-32-23(12-21(31-24(19)32)18-4-1-2-5-20(18)27)28-13-16-7-9-17(10-8-16)14-29-25(33)22-6-3-11-34-22/h1-12,15,28H,13-14,26H2,(H,29,33). The fourth-order valence-electron chi connectivity index (χ4n) is 3.65. The van der Waals surface area contributed by atoms with Crippen LogP contribution in [0.15, 0.2) is 78.3 Å². The number of carbonyl (C=O) groups excluding carboxylic acids is 1. The van der Waals surface area contributed by atoms with Gasteiger partial charge in [0.2, 0.25) is 0 Å². The summed E-state index contributed by atoms with van der Waals surface area (Å²) in [6, 6.07) is 21.5. The lowest BCUT2D eigenvalue weighted by molar-refractivity contribution is 0.0955. The molecule has 0 bridgehead atoms. The summed E-state index contributed by atoms with van der Waals surface area (Å²) in [5.41, 5.74) is 5.61. The van der Waals surface area contributed by atoms with E-state index in [0.29, 0.717) is 18.1 Å². The zero-order valence-electron chi connectivity index (χ0n) is 18.5. The lowest BCUT2D eigenvalue weighted by Gasteiger charge is -2.12. The summed E-state index contributed by atoms with van der Waals surface area (Å²) in [4.78, 5) is 17.6. The molecule has 0 saturated carbocycles.